The van der Waals surface area contributed by atoms with Crippen molar-refractivity contribution in [3.05, 3.63) is 71.8 Å². The first kappa shape index (κ1) is 12.0. The van der Waals surface area contributed by atoms with E-state index in [2.05, 4.69) is 74.5 Å². The lowest BCUT2D eigenvalue weighted by molar-refractivity contribution is 1.46. The van der Waals surface area contributed by atoms with Crippen molar-refractivity contribution in [3.8, 4) is 0 Å². The number of benzene rings is 5. The molecule has 0 bridgehead atoms. The first-order chi connectivity index (χ1) is 10.8. The second kappa shape index (κ2) is 3.98. The molecule has 0 nitrogen and oxygen atoms in total. The molecule has 0 amide bonds. The Morgan fingerprint density at radius 3 is 1.86 bits per heavy atom. The average Bonchev–Trinajstić information content (AvgIpc) is 2.54. The van der Waals surface area contributed by atoms with Gasteiger partial charge in [0.25, 0.3) is 0 Å². The number of fused-ring (bicyclic) bond motifs is 2. The van der Waals surface area contributed by atoms with Crippen LogP contribution in [-0.4, -0.2) is 0 Å². The van der Waals surface area contributed by atoms with E-state index in [1.807, 2.05) is 0 Å². The van der Waals surface area contributed by atoms with E-state index in [1.54, 1.807) is 0 Å². The molecule has 0 saturated heterocycles. The highest BCUT2D eigenvalue weighted by molar-refractivity contribution is 6.33. The first-order valence-electron chi connectivity index (χ1n) is 7.81. The third kappa shape index (κ3) is 1.33. The summed E-state index contributed by atoms with van der Waals surface area (Å²) in [6.07, 6.45) is 0. The van der Waals surface area contributed by atoms with E-state index >= 15 is 0 Å². The van der Waals surface area contributed by atoms with Gasteiger partial charge in [0.05, 0.1) is 0 Å². The molecule has 0 aliphatic carbocycles. The number of hydrogen-bond donors (Lipinski definition) is 0. The summed E-state index contributed by atoms with van der Waals surface area (Å²) in [5, 5.41) is 11.1. The van der Waals surface area contributed by atoms with Gasteiger partial charge < -0.3 is 0 Å². The summed E-state index contributed by atoms with van der Waals surface area (Å²) in [7, 11) is 0. The third-order valence-electron chi connectivity index (χ3n) is 5.03. The molecule has 5 aromatic carbocycles. The predicted molar refractivity (Wildman–Crippen MR) is 97.1 cm³/mol. The summed E-state index contributed by atoms with van der Waals surface area (Å²) in [5.74, 6) is 0. The lowest BCUT2D eigenvalue weighted by atomic mass is 9.86. The molecule has 0 spiro atoms. The van der Waals surface area contributed by atoms with Crippen LogP contribution < -0.4 is 0 Å². The molecule has 0 atom stereocenters. The van der Waals surface area contributed by atoms with E-state index in [0.29, 0.717) is 0 Å². The monoisotopic (exact) mass is 280 g/mol. The Morgan fingerprint density at radius 2 is 1.09 bits per heavy atom. The molecule has 0 heterocycles. The molecule has 0 fully saturated rings. The lowest BCUT2D eigenvalue weighted by Gasteiger charge is -2.17. The van der Waals surface area contributed by atoms with Crippen molar-refractivity contribution in [3.63, 3.8) is 0 Å². The Bertz CT molecular complexity index is 1170. The molecule has 22 heavy (non-hydrogen) atoms. The van der Waals surface area contributed by atoms with Crippen molar-refractivity contribution >= 4 is 43.1 Å². The molecular weight excluding hydrogens is 264 g/mol. The molecule has 5 rings (SSSR count). The number of aryl methyl sites for hydroxylation is 2. The highest BCUT2D eigenvalue weighted by Crippen LogP contribution is 2.42. The topological polar surface area (TPSA) is 0 Å². The Morgan fingerprint density at radius 1 is 0.500 bits per heavy atom. The quantitative estimate of drug-likeness (QED) is 0.229. The van der Waals surface area contributed by atoms with Gasteiger partial charge in [-0.25, -0.2) is 0 Å². The molecule has 0 unspecified atom stereocenters. The van der Waals surface area contributed by atoms with Crippen LogP contribution in [0.15, 0.2) is 60.7 Å². The first-order valence-corrected chi connectivity index (χ1v) is 7.81. The van der Waals surface area contributed by atoms with Crippen molar-refractivity contribution in [1.29, 1.82) is 0 Å². The van der Waals surface area contributed by atoms with Crippen LogP contribution in [0.1, 0.15) is 11.1 Å². The fraction of sp³-hybridized carbons (Fsp3) is 0.0909. The van der Waals surface area contributed by atoms with Crippen LogP contribution in [0.2, 0.25) is 0 Å². The third-order valence-corrected chi connectivity index (χ3v) is 5.03. The van der Waals surface area contributed by atoms with Gasteiger partial charge in [0.2, 0.25) is 0 Å². The minimum absolute atomic E-state index is 1.33. The van der Waals surface area contributed by atoms with Gasteiger partial charge in [-0.2, -0.15) is 0 Å². The molecule has 0 aliphatic rings. The van der Waals surface area contributed by atoms with Crippen molar-refractivity contribution in [2.24, 2.45) is 0 Å². The Balaban J connectivity index is 2.31. The predicted octanol–water partition coefficient (Wildman–Crippen LogP) is 6.35. The summed E-state index contributed by atoms with van der Waals surface area (Å²) in [4.78, 5) is 0. The Kier molecular flexibility index (Phi) is 2.17. The van der Waals surface area contributed by atoms with Gasteiger partial charge in [-0.1, -0.05) is 60.7 Å². The summed E-state index contributed by atoms with van der Waals surface area (Å²) in [6, 6.07) is 22.4. The fourth-order valence-electron chi connectivity index (χ4n) is 4.17. The molecule has 0 saturated carbocycles. The second-order valence-corrected chi connectivity index (χ2v) is 6.32. The van der Waals surface area contributed by atoms with Crippen LogP contribution in [0.5, 0.6) is 0 Å². The molecule has 0 aliphatic heterocycles. The molecule has 0 aromatic heterocycles. The highest BCUT2D eigenvalue weighted by atomic mass is 14.2. The zero-order valence-electron chi connectivity index (χ0n) is 12.8. The van der Waals surface area contributed by atoms with Crippen LogP contribution in [0, 0.1) is 13.8 Å². The van der Waals surface area contributed by atoms with Crippen molar-refractivity contribution in [2.45, 2.75) is 13.8 Å². The van der Waals surface area contributed by atoms with Crippen molar-refractivity contribution in [2.75, 3.05) is 0 Å². The molecule has 104 valence electrons. The van der Waals surface area contributed by atoms with Crippen LogP contribution in [0.4, 0.5) is 0 Å². The molecule has 0 heteroatoms. The van der Waals surface area contributed by atoms with E-state index in [-0.39, 0.29) is 0 Å². The van der Waals surface area contributed by atoms with E-state index < -0.39 is 0 Å². The van der Waals surface area contributed by atoms with Gasteiger partial charge in [-0.3, -0.25) is 0 Å². The van der Waals surface area contributed by atoms with Gasteiger partial charge in [0, 0.05) is 0 Å². The molecule has 0 N–H and O–H groups in total. The van der Waals surface area contributed by atoms with Crippen molar-refractivity contribution in [1.82, 2.24) is 0 Å². The molecule has 0 radical (unpaired) electrons. The smallest absolute Gasteiger partial charge is 0.00210 e. The summed E-state index contributed by atoms with van der Waals surface area (Å²) in [5.41, 5.74) is 2.74. The zero-order valence-corrected chi connectivity index (χ0v) is 12.8. The van der Waals surface area contributed by atoms with Crippen LogP contribution >= 0.6 is 0 Å². The lowest BCUT2D eigenvalue weighted by Crippen LogP contribution is -1.90. The normalized spacial score (nSPS) is 12.1. The molecular formula is C22H16. The maximum absolute atomic E-state index is 2.33. The minimum Gasteiger partial charge on any atom is -0.0610 e. The largest absolute Gasteiger partial charge is 0.0610 e. The zero-order chi connectivity index (χ0) is 14.8. The number of rotatable bonds is 0. The summed E-state index contributed by atoms with van der Waals surface area (Å²) < 4.78 is 0. The summed E-state index contributed by atoms with van der Waals surface area (Å²) in [6.45, 7) is 4.46. The van der Waals surface area contributed by atoms with E-state index in [1.165, 1.54) is 54.2 Å². The average molecular weight is 280 g/mol. The van der Waals surface area contributed by atoms with Crippen LogP contribution in [-0.2, 0) is 0 Å². The minimum atomic E-state index is 1.33. The van der Waals surface area contributed by atoms with Gasteiger partial charge in [-0.15, -0.1) is 0 Å². The standard InChI is InChI=1S/C22H16/c1-13-12-14(2)20-19-11-4-7-15-6-3-9-17(21(15)19)18-10-5-8-16(13)22(18)20/h3-12H,1-2H3. The maximum atomic E-state index is 2.33. The Labute approximate surface area is 129 Å². The van der Waals surface area contributed by atoms with E-state index in [4.69, 9.17) is 0 Å². The second-order valence-electron chi connectivity index (χ2n) is 6.32. The Hall–Kier alpha value is -2.60. The van der Waals surface area contributed by atoms with E-state index in [0.717, 1.165) is 0 Å². The highest BCUT2D eigenvalue weighted by Gasteiger charge is 2.14. The molecule has 5 aromatic rings. The fourth-order valence-corrected chi connectivity index (χ4v) is 4.17. The van der Waals surface area contributed by atoms with Crippen LogP contribution in [0.3, 0.4) is 0 Å². The SMILES string of the molecule is Cc1cc(C)c2c3cccc4cccc(c5cccc1c52)c43. The number of hydrogen-bond acceptors (Lipinski definition) is 0. The van der Waals surface area contributed by atoms with Gasteiger partial charge in [0.15, 0.2) is 0 Å². The summed E-state index contributed by atoms with van der Waals surface area (Å²) >= 11 is 0. The maximum Gasteiger partial charge on any atom is -0.00210 e. The van der Waals surface area contributed by atoms with Gasteiger partial charge >= 0.3 is 0 Å². The van der Waals surface area contributed by atoms with Crippen molar-refractivity contribution < 1.29 is 0 Å². The van der Waals surface area contributed by atoms with Crippen LogP contribution in [0.25, 0.3) is 43.1 Å². The van der Waals surface area contributed by atoms with E-state index in [9.17, 15) is 0 Å². The van der Waals surface area contributed by atoms with Gasteiger partial charge in [0.1, 0.15) is 0 Å². The van der Waals surface area contributed by atoms with Gasteiger partial charge in [-0.05, 0) is 68.1 Å².